The van der Waals surface area contributed by atoms with Gasteiger partial charge in [0.05, 0.1) is 0 Å². The normalized spacial score (nSPS) is 48.4. The van der Waals surface area contributed by atoms with Crippen LogP contribution in [0.3, 0.4) is 0 Å². The van der Waals surface area contributed by atoms with Crippen molar-refractivity contribution in [1.29, 1.82) is 0 Å². The summed E-state index contributed by atoms with van der Waals surface area (Å²) >= 11 is 0. The summed E-state index contributed by atoms with van der Waals surface area (Å²) in [5.74, 6) is 2.14. The van der Waals surface area contributed by atoms with Gasteiger partial charge in [0.1, 0.15) is 5.78 Å². The molecule has 0 N–H and O–H groups in total. The summed E-state index contributed by atoms with van der Waals surface area (Å²) in [5, 5.41) is 0. The van der Waals surface area contributed by atoms with Crippen LogP contribution in [0, 0.1) is 23.7 Å². The van der Waals surface area contributed by atoms with E-state index in [0.717, 1.165) is 0 Å². The van der Waals surface area contributed by atoms with Crippen molar-refractivity contribution in [3.63, 3.8) is 0 Å². The van der Waals surface area contributed by atoms with E-state index >= 15 is 0 Å². The van der Waals surface area contributed by atoms with Gasteiger partial charge in [-0.25, -0.2) is 0 Å². The topological polar surface area (TPSA) is 17.1 Å². The number of fused-ring (bicyclic) bond motifs is 2. The highest BCUT2D eigenvalue weighted by Gasteiger charge is 2.39. The summed E-state index contributed by atoms with van der Waals surface area (Å²) in [4.78, 5) is 11.5. The quantitative estimate of drug-likeness (QED) is 0.483. The molecule has 11 heavy (non-hydrogen) atoms. The lowest BCUT2D eigenvalue weighted by atomic mass is 9.73. The molecule has 0 heterocycles. The fourth-order valence-corrected chi connectivity index (χ4v) is 2.34. The number of ketones is 1. The second-order valence-corrected chi connectivity index (χ2v) is 3.93. The van der Waals surface area contributed by atoms with Gasteiger partial charge in [0.15, 0.2) is 0 Å². The van der Waals surface area contributed by atoms with Gasteiger partial charge in [-0.2, -0.15) is 0 Å². The van der Waals surface area contributed by atoms with Crippen LogP contribution in [0.5, 0.6) is 0 Å². The van der Waals surface area contributed by atoms with Crippen LogP contribution in [0.15, 0.2) is 12.2 Å². The molecule has 4 atom stereocenters. The fourth-order valence-electron chi connectivity index (χ4n) is 2.34. The number of carbonyl (C=O) groups excluding carboxylic acids is 1. The van der Waals surface area contributed by atoms with Crippen molar-refractivity contribution in [2.45, 2.75) is 20.3 Å². The molecule has 2 aliphatic rings. The molecule has 0 spiro atoms. The molecule has 2 rings (SSSR count). The maximum Gasteiger partial charge on any atom is 0.139 e. The fraction of sp³-hybridized carbons (Fsp3) is 0.700. The lowest BCUT2D eigenvalue weighted by Crippen LogP contribution is -2.33. The molecule has 0 aromatic rings. The molecule has 0 aromatic carbocycles. The highest BCUT2D eigenvalue weighted by molar-refractivity contribution is 5.85. The molecule has 1 heteroatoms. The van der Waals surface area contributed by atoms with E-state index in [0.29, 0.717) is 17.6 Å². The van der Waals surface area contributed by atoms with E-state index < -0.39 is 0 Å². The van der Waals surface area contributed by atoms with Gasteiger partial charge in [-0.05, 0) is 18.3 Å². The number of carbonyl (C=O) groups is 1. The van der Waals surface area contributed by atoms with Gasteiger partial charge in [0.25, 0.3) is 0 Å². The van der Waals surface area contributed by atoms with Crippen LogP contribution in [0.1, 0.15) is 20.3 Å². The van der Waals surface area contributed by atoms with Crippen molar-refractivity contribution in [2.24, 2.45) is 23.7 Å². The first kappa shape index (κ1) is 7.08. The largest absolute Gasteiger partial charge is 0.299 e. The number of hydrogen-bond acceptors (Lipinski definition) is 1. The van der Waals surface area contributed by atoms with Crippen molar-refractivity contribution in [2.75, 3.05) is 0 Å². The SMILES string of the molecule is C[C@@H]1C(=O)[C@@H](C)[C@H]2C=C[C@H]1C2. The second-order valence-electron chi connectivity index (χ2n) is 3.93. The molecule has 0 aliphatic heterocycles. The molecule has 0 radical (unpaired) electrons. The number of Topliss-reactive ketones (excluding diaryl/α,β-unsaturated/α-hetero) is 1. The molecule has 2 aliphatic carbocycles. The van der Waals surface area contributed by atoms with Gasteiger partial charge in [-0.1, -0.05) is 26.0 Å². The Morgan fingerprint density at radius 2 is 1.64 bits per heavy atom. The summed E-state index contributed by atoms with van der Waals surface area (Å²) in [6.45, 7) is 4.13. The number of allylic oxidation sites excluding steroid dienone is 2. The van der Waals surface area contributed by atoms with Gasteiger partial charge < -0.3 is 0 Å². The monoisotopic (exact) mass is 150 g/mol. The molecular formula is C10H14O. The van der Waals surface area contributed by atoms with Gasteiger partial charge in [-0.15, -0.1) is 0 Å². The van der Waals surface area contributed by atoms with Crippen molar-refractivity contribution in [1.82, 2.24) is 0 Å². The third kappa shape index (κ3) is 0.867. The zero-order valence-electron chi connectivity index (χ0n) is 7.08. The smallest absolute Gasteiger partial charge is 0.139 e. The molecule has 0 saturated heterocycles. The number of hydrogen-bond donors (Lipinski definition) is 0. The van der Waals surface area contributed by atoms with Gasteiger partial charge in [0.2, 0.25) is 0 Å². The van der Waals surface area contributed by atoms with Crippen LogP contribution in [0.25, 0.3) is 0 Å². The van der Waals surface area contributed by atoms with Crippen molar-refractivity contribution >= 4 is 5.78 Å². The van der Waals surface area contributed by atoms with Crippen LogP contribution in [-0.4, -0.2) is 5.78 Å². The Kier molecular flexibility index (Phi) is 1.41. The average molecular weight is 150 g/mol. The Morgan fingerprint density at radius 1 is 1.18 bits per heavy atom. The summed E-state index contributed by atoms with van der Waals surface area (Å²) in [5.41, 5.74) is 0. The summed E-state index contributed by atoms with van der Waals surface area (Å²) in [6.07, 6.45) is 5.68. The molecule has 0 unspecified atom stereocenters. The Morgan fingerprint density at radius 3 is 2.09 bits per heavy atom. The van der Waals surface area contributed by atoms with E-state index in [-0.39, 0.29) is 11.8 Å². The predicted molar refractivity (Wildman–Crippen MR) is 44.1 cm³/mol. The maximum atomic E-state index is 11.5. The molecule has 2 bridgehead atoms. The van der Waals surface area contributed by atoms with E-state index in [2.05, 4.69) is 26.0 Å². The minimum Gasteiger partial charge on any atom is -0.299 e. The molecule has 0 amide bonds. The Hall–Kier alpha value is -0.590. The van der Waals surface area contributed by atoms with Crippen molar-refractivity contribution < 1.29 is 4.79 Å². The summed E-state index contributed by atoms with van der Waals surface area (Å²) in [6, 6.07) is 0. The molecule has 1 fully saturated rings. The third-order valence-corrected chi connectivity index (χ3v) is 3.33. The Balaban J connectivity index is 2.29. The van der Waals surface area contributed by atoms with E-state index in [1.807, 2.05) is 0 Å². The van der Waals surface area contributed by atoms with E-state index in [1.165, 1.54) is 6.42 Å². The van der Waals surface area contributed by atoms with Gasteiger partial charge in [-0.3, -0.25) is 4.79 Å². The van der Waals surface area contributed by atoms with E-state index in [1.54, 1.807) is 0 Å². The van der Waals surface area contributed by atoms with Crippen LogP contribution >= 0.6 is 0 Å². The lowest BCUT2D eigenvalue weighted by molar-refractivity contribution is -0.130. The molecule has 1 saturated carbocycles. The van der Waals surface area contributed by atoms with Crippen LogP contribution in [0.4, 0.5) is 0 Å². The first-order valence-electron chi connectivity index (χ1n) is 4.42. The first-order chi connectivity index (χ1) is 5.20. The Labute approximate surface area is 67.5 Å². The molecular weight excluding hydrogens is 136 g/mol. The van der Waals surface area contributed by atoms with Crippen LogP contribution in [-0.2, 0) is 4.79 Å². The highest BCUT2D eigenvalue weighted by atomic mass is 16.1. The Bertz CT molecular complexity index is 197. The maximum absolute atomic E-state index is 11.5. The second kappa shape index (κ2) is 2.20. The zero-order chi connectivity index (χ0) is 8.01. The third-order valence-electron chi connectivity index (χ3n) is 3.33. The van der Waals surface area contributed by atoms with Gasteiger partial charge in [0, 0.05) is 11.8 Å². The summed E-state index contributed by atoms with van der Waals surface area (Å²) < 4.78 is 0. The van der Waals surface area contributed by atoms with Crippen molar-refractivity contribution in [3.8, 4) is 0 Å². The standard InChI is InChI=1S/C10H14O/c1-6-8-3-4-9(5-8)7(2)10(6)11/h3-4,6-9H,5H2,1-2H3/t6-,7-,8-,9-/m0/s1. The van der Waals surface area contributed by atoms with Gasteiger partial charge >= 0.3 is 0 Å². The summed E-state index contributed by atoms with van der Waals surface area (Å²) in [7, 11) is 0. The minimum atomic E-state index is 0.278. The molecule has 60 valence electrons. The van der Waals surface area contributed by atoms with E-state index in [4.69, 9.17) is 0 Å². The first-order valence-corrected chi connectivity index (χ1v) is 4.42. The average Bonchev–Trinajstić information content (AvgIpc) is 2.44. The lowest BCUT2D eigenvalue weighted by Gasteiger charge is -2.29. The molecule has 1 nitrogen and oxygen atoms in total. The highest BCUT2D eigenvalue weighted by Crippen LogP contribution is 2.41. The van der Waals surface area contributed by atoms with Crippen LogP contribution in [0.2, 0.25) is 0 Å². The van der Waals surface area contributed by atoms with Crippen molar-refractivity contribution in [3.05, 3.63) is 12.2 Å². The number of rotatable bonds is 0. The molecule has 0 aromatic heterocycles. The zero-order valence-corrected chi connectivity index (χ0v) is 7.08. The minimum absolute atomic E-state index is 0.278. The predicted octanol–water partition coefficient (Wildman–Crippen LogP) is 2.03. The van der Waals surface area contributed by atoms with E-state index in [9.17, 15) is 4.79 Å². The van der Waals surface area contributed by atoms with Crippen LogP contribution < -0.4 is 0 Å².